The molecule has 0 bridgehead atoms. The number of rotatable bonds is 6. The molecule has 4 N–H and O–H groups in total. The molecule has 0 heterocycles. The van der Waals surface area contributed by atoms with E-state index in [1.54, 1.807) is 0 Å². The van der Waals surface area contributed by atoms with Gasteiger partial charge in [0.25, 0.3) is 0 Å². The maximum absolute atomic E-state index is 10.5. The highest BCUT2D eigenvalue weighted by atomic mass is 16.1. The van der Waals surface area contributed by atoms with Crippen LogP contribution in [0.5, 0.6) is 0 Å². The number of nitriles is 1. The third-order valence-electron chi connectivity index (χ3n) is 1.67. The van der Waals surface area contributed by atoms with Crippen molar-refractivity contribution in [2.75, 3.05) is 0 Å². The van der Waals surface area contributed by atoms with Gasteiger partial charge in [-0.2, -0.15) is 5.26 Å². The van der Waals surface area contributed by atoms with Gasteiger partial charge in [0, 0.05) is 6.42 Å². The molecular weight excluding hydrogens is 154 g/mol. The maximum atomic E-state index is 10.5. The van der Waals surface area contributed by atoms with Gasteiger partial charge in [0.05, 0.1) is 12.1 Å². The fraction of sp³-hybridized carbons (Fsp3) is 0.750. The lowest BCUT2D eigenvalue weighted by Gasteiger charge is -2.05. The maximum Gasteiger partial charge on any atom is 0.234 e. The molecule has 0 aromatic heterocycles. The highest BCUT2D eigenvalue weighted by Gasteiger charge is 2.07. The summed E-state index contributed by atoms with van der Waals surface area (Å²) in [6.45, 7) is 0. The van der Waals surface area contributed by atoms with E-state index in [0.717, 1.165) is 19.3 Å². The van der Waals surface area contributed by atoms with Crippen LogP contribution in [0.15, 0.2) is 0 Å². The van der Waals surface area contributed by atoms with Gasteiger partial charge in [0.2, 0.25) is 5.91 Å². The second kappa shape index (κ2) is 6.62. The Hall–Kier alpha value is -1.08. The van der Waals surface area contributed by atoms with Crippen LogP contribution in [-0.2, 0) is 4.79 Å². The minimum absolute atomic E-state index is 0.449. The van der Waals surface area contributed by atoms with E-state index >= 15 is 0 Å². The van der Waals surface area contributed by atoms with Crippen molar-refractivity contribution in [1.29, 1.82) is 5.26 Å². The van der Waals surface area contributed by atoms with E-state index in [2.05, 4.69) is 6.07 Å². The molecule has 0 aromatic rings. The summed E-state index contributed by atoms with van der Waals surface area (Å²) in [7, 11) is 0. The first-order valence-corrected chi connectivity index (χ1v) is 4.10. The van der Waals surface area contributed by atoms with Gasteiger partial charge in [-0.3, -0.25) is 4.79 Å². The molecule has 0 aliphatic carbocycles. The number of carbonyl (C=O) groups excluding carboxylic acids is 1. The van der Waals surface area contributed by atoms with Crippen LogP contribution in [0.4, 0.5) is 0 Å². The molecule has 0 aliphatic rings. The van der Waals surface area contributed by atoms with Crippen LogP contribution >= 0.6 is 0 Å². The predicted octanol–water partition coefficient (Wildman–Crippen LogP) is 0.273. The van der Waals surface area contributed by atoms with Crippen LogP contribution in [0, 0.1) is 11.3 Å². The smallest absolute Gasteiger partial charge is 0.234 e. The zero-order valence-electron chi connectivity index (χ0n) is 7.12. The summed E-state index contributed by atoms with van der Waals surface area (Å²) in [6.07, 6.45) is 3.88. The molecule has 0 spiro atoms. The monoisotopic (exact) mass is 169 g/mol. The first-order valence-electron chi connectivity index (χ1n) is 4.10. The van der Waals surface area contributed by atoms with Crippen molar-refractivity contribution in [3.05, 3.63) is 0 Å². The summed E-state index contributed by atoms with van der Waals surface area (Å²) in [5.41, 5.74) is 10.4. The zero-order chi connectivity index (χ0) is 9.40. The Morgan fingerprint density at radius 3 is 2.58 bits per heavy atom. The van der Waals surface area contributed by atoms with Crippen LogP contribution in [0.2, 0.25) is 0 Å². The Morgan fingerprint density at radius 2 is 2.08 bits per heavy atom. The largest absolute Gasteiger partial charge is 0.368 e. The van der Waals surface area contributed by atoms with Gasteiger partial charge in [0.15, 0.2) is 0 Å². The Labute approximate surface area is 72.5 Å². The van der Waals surface area contributed by atoms with Crippen LogP contribution in [0.1, 0.15) is 32.1 Å². The van der Waals surface area contributed by atoms with Crippen molar-refractivity contribution < 1.29 is 4.79 Å². The normalized spacial score (nSPS) is 12.0. The average molecular weight is 169 g/mol. The third kappa shape index (κ3) is 5.69. The predicted molar refractivity (Wildman–Crippen MR) is 45.9 cm³/mol. The first-order chi connectivity index (χ1) is 5.68. The number of nitrogens with zero attached hydrogens (tertiary/aromatic N) is 1. The van der Waals surface area contributed by atoms with E-state index in [0.29, 0.717) is 12.8 Å². The van der Waals surface area contributed by atoms with Gasteiger partial charge in [-0.15, -0.1) is 0 Å². The minimum Gasteiger partial charge on any atom is -0.368 e. The molecule has 0 fully saturated rings. The topological polar surface area (TPSA) is 92.9 Å². The quantitative estimate of drug-likeness (QED) is 0.559. The summed E-state index contributed by atoms with van der Waals surface area (Å²) in [5, 5.41) is 8.21. The van der Waals surface area contributed by atoms with E-state index < -0.39 is 11.9 Å². The van der Waals surface area contributed by atoms with Gasteiger partial charge in [-0.1, -0.05) is 12.8 Å². The molecule has 0 saturated heterocycles. The highest BCUT2D eigenvalue weighted by molar-refractivity contribution is 5.79. The summed E-state index contributed by atoms with van der Waals surface area (Å²) in [4.78, 5) is 10.5. The number of primary amides is 1. The minimum atomic E-state index is -0.521. The van der Waals surface area contributed by atoms with E-state index in [1.165, 1.54) is 0 Å². The van der Waals surface area contributed by atoms with Gasteiger partial charge in [-0.05, 0) is 12.8 Å². The molecular formula is C8H15N3O. The molecule has 0 radical (unpaired) electrons. The molecule has 1 unspecified atom stereocenters. The lowest BCUT2D eigenvalue weighted by molar-refractivity contribution is -0.119. The summed E-state index contributed by atoms with van der Waals surface area (Å²) in [6, 6.07) is 1.53. The van der Waals surface area contributed by atoms with Crippen molar-refractivity contribution in [2.24, 2.45) is 11.5 Å². The van der Waals surface area contributed by atoms with E-state index in [9.17, 15) is 4.79 Å². The molecule has 0 aromatic carbocycles. The van der Waals surface area contributed by atoms with Gasteiger partial charge < -0.3 is 11.5 Å². The molecule has 0 saturated carbocycles. The molecule has 1 atom stereocenters. The van der Waals surface area contributed by atoms with Crippen molar-refractivity contribution in [3.8, 4) is 6.07 Å². The van der Waals surface area contributed by atoms with Crippen molar-refractivity contribution in [3.63, 3.8) is 0 Å². The highest BCUT2D eigenvalue weighted by Crippen LogP contribution is 2.03. The van der Waals surface area contributed by atoms with Crippen LogP contribution in [0.25, 0.3) is 0 Å². The standard InChI is InChI=1S/C8H15N3O/c9-6-4-2-1-3-5-7(10)8(11)12/h7H,1-5,10H2,(H2,11,12). The number of hydrogen-bond acceptors (Lipinski definition) is 3. The van der Waals surface area contributed by atoms with Crippen molar-refractivity contribution in [2.45, 2.75) is 38.1 Å². The van der Waals surface area contributed by atoms with Crippen molar-refractivity contribution in [1.82, 2.24) is 0 Å². The Morgan fingerprint density at radius 1 is 1.42 bits per heavy atom. The van der Waals surface area contributed by atoms with E-state index in [-0.39, 0.29) is 0 Å². The fourth-order valence-corrected chi connectivity index (χ4v) is 0.887. The number of hydrogen-bond donors (Lipinski definition) is 2. The van der Waals surface area contributed by atoms with E-state index in [4.69, 9.17) is 16.7 Å². The summed E-state index contributed by atoms with van der Waals surface area (Å²) >= 11 is 0. The SMILES string of the molecule is N#CCCCCCC(N)C(N)=O. The van der Waals surface area contributed by atoms with E-state index in [1.807, 2.05) is 0 Å². The summed E-state index contributed by atoms with van der Waals surface area (Å²) < 4.78 is 0. The molecule has 1 amide bonds. The zero-order valence-corrected chi connectivity index (χ0v) is 7.12. The van der Waals surface area contributed by atoms with Crippen LogP contribution < -0.4 is 11.5 Å². The second-order valence-electron chi connectivity index (χ2n) is 2.77. The molecule has 68 valence electrons. The Balaban J connectivity index is 3.21. The number of nitrogens with two attached hydrogens (primary N) is 2. The van der Waals surface area contributed by atoms with Crippen molar-refractivity contribution >= 4 is 5.91 Å². The Kier molecular flexibility index (Phi) is 6.02. The second-order valence-corrected chi connectivity index (χ2v) is 2.77. The van der Waals surface area contributed by atoms with Crippen LogP contribution in [-0.4, -0.2) is 11.9 Å². The molecule has 0 aliphatic heterocycles. The molecule has 0 rings (SSSR count). The molecule has 4 heteroatoms. The summed E-state index contributed by atoms with van der Waals surface area (Å²) in [5.74, 6) is -0.449. The van der Waals surface area contributed by atoms with Gasteiger partial charge in [0.1, 0.15) is 0 Å². The lowest BCUT2D eigenvalue weighted by Crippen LogP contribution is -2.36. The third-order valence-corrected chi connectivity index (χ3v) is 1.67. The number of amides is 1. The van der Waals surface area contributed by atoms with Gasteiger partial charge in [-0.25, -0.2) is 0 Å². The fourth-order valence-electron chi connectivity index (χ4n) is 0.887. The van der Waals surface area contributed by atoms with Crippen LogP contribution in [0.3, 0.4) is 0 Å². The number of carbonyl (C=O) groups is 1. The molecule has 4 nitrogen and oxygen atoms in total. The Bertz CT molecular complexity index is 174. The first kappa shape index (κ1) is 10.9. The molecule has 12 heavy (non-hydrogen) atoms. The lowest BCUT2D eigenvalue weighted by atomic mass is 10.1. The average Bonchev–Trinajstić information content (AvgIpc) is 2.03. The van der Waals surface area contributed by atoms with Gasteiger partial charge >= 0.3 is 0 Å². The number of unbranched alkanes of at least 4 members (excludes halogenated alkanes) is 3.